The molecule has 1 heterocycles. The van der Waals surface area contributed by atoms with Crippen LogP contribution in [0.1, 0.15) is 18.2 Å². The Kier molecular flexibility index (Phi) is 6.74. The minimum absolute atomic E-state index is 0.0716. The van der Waals surface area contributed by atoms with Crippen molar-refractivity contribution in [1.29, 1.82) is 0 Å². The molecule has 29 heavy (non-hydrogen) atoms. The summed E-state index contributed by atoms with van der Waals surface area (Å²) in [5, 5.41) is 9.13. The third-order valence-electron chi connectivity index (χ3n) is 4.54. The molecule has 0 amide bonds. The molecule has 5 nitrogen and oxygen atoms in total. The maximum Gasteiger partial charge on any atom is 0.371 e. The average Bonchev–Trinajstić information content (AvgIpc) is 3.10. The lowest BCUT2D eigenvalue weighted by molar-refractivity contribution is -0.136. The highest BCUT2D eigenvalue weighted by Crippen LogP contribution is 2.22. The first-order valence-electron chi connectivity index (χ1n) is 9.60. The van der Waals surface area contributed by atoms with Crippen LogP contribution < -0.4 is 4.74 Å². The van der Waals surface area contributed by atoms with E-state index in [9.17, 15) is 4.79 Å². The highest BCUT2D eigenvalue weighted by Gasteiger charge is 2.09. The first kappa shape index (κ1) is 20.3. The molecule has 150 valence electrons. The fourth-order valence-corrected chi connectivity index (χ4v) is 3.11. The van der Waals surface area contributed by atoms with Crippen molar-refractivity contribution in [3.05, 3.63) is 83.7 Å². The minimum atomic E-state index is -1.08. The smallest absolute Gasteiger partial charge is 0.371 e. The van der Waals surface area contributed by atoms with E-state index in [1.165, 1.54) is 23.0 Å². The molecular formula is C24H25NO4. The monoisotopic (exact) mass is 391 g/mol. The van der Waals surface area contributed by atoms with Gasteiger partial charge in [-0.2, -0.15) is 0 Å². The second kappa shape index (κ2) is 9.64. The summed E-state index contributed by atoms with van der Waals surface area (Å²) in [6.07, 6.45) is 1.50. The van der Waals surface area contributed by atoms with E-state index in [1.807, 2.05) is 42.5 Å². The number of carboxylic acid groups (broad SMARTS) is 1. The summed E-state index contributed by atoms with van der Waals surface area (Å²) in [5.41, 5.74) is 4.28. The Morgan fingerprint density at radius 2 is 1.76 bits per heavy atom. The molecule has 3 rings (SSSR count). The zero-order chi connectivity index (χ0) is 20.6. The molecule has 0 unspecified atom stereocenters. The molecular weight excluding hydrogens is 366 g/mol. The first-order chi connectivity index (χ1) is 14.1. The average molecular weight is 391 g/mol. The molecule has 0 radical (unpaired) electrons. The van der Waals surface area contributed by atoms with Crippen molar-refractivity contribution in [2.75, 3.05) is 13.2 Å². The van der Waals surface area contributed by atoms with Gasteiger partial charge in [-0.3, -0.25) is 0 Å². The summed E-state index contributed by atoms with van der Waals surface area (Å²) in [4.78, 5) is 11.2. The predicted molar refractivity (Wildman–Crippen MR) is 114 cm³/mol. The van der Waals surface area contributed by atoms with Gasteiger partial charge in [0.1, 0.15) is 12.4 Å². The maximum atomic E-state index is 11.2. The Balaban J connectivity index is 1.63. The lowest BCUT2D eigenvalue weighted by Gasteiger charge is -2.13. The highest BCUT2D eigenvalue weighted by molar-refractivity contribution is 5.89. The summed E-state index contributed by atoms with van der Waals surface area (Å²) in [5.74, 6) is -0.414. The number of hydrogen-bond acceptors (Lipinski definition) is 3. The maximum absolute atomic E-state index is 11.2. The van der Waals surface area contributed by atoms with E-state index >= 15 is 0 Å². The molecule has 0 fully saturated rings. The van der Waals surface area contributed by atoms with Gasteiger partial charge in [0.05, 0.1) is 13.2 Å². The Morgan fingerprint density at radius 1 is 1.03 bits per heavy atom. The van der Waals surface area contributed by atoms with Crippen LogP contribution in [0.2, 0.25) is 0 Å². The van der Waals surface area contributed by atoms with E-state index in [2.05, 4.69) is 35.8 Å². The van der Waals surface area contributed by atoms with Crippen LogP contribution in [0.4, 0.5) is 0 Å². The van der Waals surface area contributed by atoms with Gasteiger partial charge in [-0.25, -0.2) is 4.79 Å². The second-order valence-electron chi connectivity index (χ2n) is 6.54. The number of aryl methyl sites for hydroxylation is 1. The minimum Gasteiger partial charge on any atom is -0.492 e. The van der Waals surface area contributed by atoms with Gasteiger partial charge in [0.15, 0.2) is 0 Å². The summed E-state index contributed by atoms with van der Waals surface area (Å²) in [7, 11) is 0. The van der Waals surface area contributed by atoms with Crippen molar-refractivity contribution < 1.29 is 19.4 Å². The molecule has 0 saturated carbocycles. The van der Waals surface area contributed by atoms with Crippen molar-refractivity contribution in [3.63, 3.8) is 0 Å². The van der Waals surface area contributed by atoms with E-state index in [-0.39, 0.29) is 5.76 Å². The first-order valence-corrected chi connectivity index (χ1v) is 9.60. The quantitative estimate of drug-likeness (QED) is 0.412. The van der Waals surface area contributed by atoms with Gasteiger partial charge in [-0.15, -0.1) is 0 Å². The van der Waals surface area contributed by atoms with Gasteiger partial charge in [0.2, 0.25) is 5.76 Å². The molecule has 2 aromatic carbocycles. The summed E-state index contributed by atoms with van der Waals surface area (Å²) < 4.78 is 13.3. The van der Waals surface area contributed by atoms with Gasteiger partial charge >= 0.3 is 5.97 Å². The van der Waals surface area contributed by atoms with Crippen LogP contribution in [-0.4, -0.2) is 28.9 Å². The molecule has 0 saturated heterocycles. The van der Waals surface area contributed by atoms with E-state index in [1.54, 1.807) is 6.92 Å². The number of benzene rings is 2. The Hall–Kier alpha value is -3.47. The van der Waals surface area contributed by atoms with Crippen LogP contribution in [0.25, 0.3) is 17.3 Å². The zero-order valence-electron chi connectivity index (χ0n) is 16.7. The standard InChI is InChI=1S/C24H25NO4/c1-3-28-23(24(26)27)17-19-10-12-21(13-11-19)29-16-15-25-18(2)9-14-22(25)20-7-5-4-6-8-20/h4-14,17H,3,15-16H2,1-2H3,(H,26,27)/b23-17-. The number of aliphatic carboxylic acids is 1. The molecule has 0 atom stereocenters. The van der Waals surface area contributed by atoms with Crippen LogP contribution in [0.3, 0.4) is 0 Å². The van der Waals surface area contributed by atoms with Crippen molar-refractivity contribution >= 4 is 12.0 Å². The fraction of sp³-hybridized carbons (Fsp3) is 0.208. The topological polar surface area (TPSA) is 60.7 Å². The normalized spacial score (nSPS) is 11.3. The molecule has 1 N–H and O–H groups in total. The zero-order valence-corrected chi connectivity index (χ0v) is 16.7. The molecule has 0 aliphatic rings. The highest BCUT2D eigenvalue weighted by atomic mass is 16.5. The van der Waals surface area contributed by atoms with Gasteiger partial charge in [-0.05, 0) is 55.3 Å². The molecule has 0 bridgehead atoms. The molecule has 3 aromatic rings. The summed E-state index contributed by atoms with van der Waals surface area (Å²) in [6.45, 7) is 5.42. The van der Waals surface area contributed by atoms with Crippen LogP contribution in [0.5, 0.6) is 5.75 Å². The largest absolute Gasteiger partial charge is 0.492 e. The van der Waals surface area contributed by atoms with Gasteiger partial charge < -0.3 is 19.1 Å². The van der Waals surface area contributed by atoms with E-state index in [0.29, 0.717) is 13.2 Å². The number of rotatable bonds is 9. The number of carboxylic acids is 1. The van der Waals surface area contributed by atoms with Crippen LogP contribution in [0, 0.1) is 6.92 Å². The molecule has 0 aliphatic heterocycles. The van der Waals surface area contributed by atoms with E-state index < -0.39 is 5.97 Å². The number of aromatic nitrogens is 1. The number of ether oxygens (including phenoxy) is 2. The summed E-state index contributed by atoms with van der Waals surface area (Å²) in [6, 6.07) is 21.8. The predicted octanol–water partition coefficient (Wildman–Crippen LogP) is 5.00. The Bertz CT molecular complexity index is 972. The summed E-state index contributed by atoms with van der Waals surface area (Å²) >= 11 is 0. The molecule has 0 aliphatic carbocycles. The second-order valence-corrected chi connectivity index (χ2v) is 6.54. The van der Waals surface area contributed by atoms with Crippen molar-refractivity contribution in [3.8, 4) is 17.0 Å². The van der Waals surface area contributed by atoms with Crippen molar-refractivity contribution in [2.45, 2.75) is 20.4 Å². The van der Waals surface area contributed by atoms with Crippen LogP contribution in [-0.2, 0) is 16.1 Å². The van der Waals surface area contributed by atoms with Crippen molar-refractivity contribution in [1.82, 2.24) is 4.57 Å². The Morgan fingerprint density at radius 3 is 2.41 bits per heavy atom. The third kappa shape index (κ3) is 5.29. The molecule has 1 aromatic heterocycles. The van der Waals surface area contributed by atoms with Crippen molar-refractivity contribution in [2.24, 2.45) is 0 Å². The number of nitrogens with zero attached hydrogens (tertiary/aromatic N) is 1. The van der Waals surface area contributed by atoms with Crippen LogP contribution in [0.15, 0.2) is 72.5 Å². The Labute approximate surface area is 170 Å². The van der Waals surface area contributed by atoms with Gasteiger partial charge in [-0.1, -0.05) is 42.5 Å². The lowest BCUT2D eigenvalue weighted by Crippen LogP contribution is -2.10. The van der Waals surface area contributed by atoms with Crippen LogP contribution >= 0.6 is 0 Å². The van der Waals surface area contributed by atoms with Gasteiger partial charge in [0, 0.05) is 11.4 Å². The fourth-order valence-electron chi connectivity index (χ4n) is 3.11. The third-order valence-corrected chi connectivity index (χ3v) is 4.54. The SMILES string of the molecule is CCO/C(=C\c1ccc(OCCn2c(C)ccc2-c2ccccc2)cc1)C(=O)O. The molecule has 5 heteroatoms. The number of hydrogen-bond donors (Lipinski definition) is 1. The molecule has 0 spiro atoms. The van der Waals surface area contributed by atoms with E-state index in [4.69, 9.17) is 14.6 Å². The number of carbonyl (C=O) groups is 1. The lowest BCUT2D eigenvalue weighted by atomic mass is 10.1. The van der Waals surface area contributed by atoms with E-state index in [0.717, 1.165) is 17.9 Å². The van der Waals surface area contributed by atoms with Gasteiger partial charge in [0.25, 0.3) is 0 Å².